The molecule has 0 amide bonds. The third kappa shape index (κ3) is 21.9. The molecule has 0 fully saturated rings. The molecular formula is C26H52NO4+. The summed E-state index contributed by atoms with van der Waals surface area (Å²) < 4.78 is 6.00. The maximum atomic E-state index is 12.0. The summed E-state index contributed by atoms with van der Waals surface area (Å²) in [6.45, 7) is 5.15. The Morgan fingerprint density at radius 2 is 1.26 bits per heavy atom. The fourth-order valence-corrected chi connectivity index (χ4v) is 3.93. The molecule has 0 spiro atoms. The highest BCUT2D eigenvalue weighted by Gasteiger charge is 2.24. The SMILES string of the molecule is CCC(C)CCCCCCCCCCCCCCC(=O)OC(CC(=O)O)C[N+](C)(C)C. The number of carboxylic acid groups (broad SMARTS) is 1. The van der Waals surface area contributed by atoms with Gasteiger partial charge in [-0.2, -0.15) is 0 Å². The molecule has 2 atom stereocenters. The van der Waals surface area contributed by atoms with E-state index in [1.165, 1.54) is 77.0 Å². The van der Waals surface area contributed by atoms with Gasteiger partial charge >= 0.3 is 11.9 Å². The molecule has 0 aliphatic rings. The Balaban J connectivity index is 3.57. The Labute approximate surface area is 192 Å². The third-order valence-electron chi connectivity index (χ3n) is 5.98. The molecule has 1 N–H and O–H groups in total. The monoisotopic (exact) mass is 442 g/mol. The normalized spacial score (nSPS) is 13.7. The van der Waals surface area contributed by atoms with Crippen molar-refractivity contribution in [1.82, 2.24) is 0 Å². The summed E-state index contributed by atoms with van der Waals surface area (Å²) in [7, 11) is 5.91. The van der Waals surface area contributed by atoms with Gasteiger partial charge in [0.15, 0.2) is 6.10 Å². The van der Waals surface area contributed by atoms with Crippen molar-refractivity contribution in [3.05, 3.63) is 0 Å². The van der Waals surface area contributed by atoms with E-state index in [2.05, 4.69) is 13.8 Å². The molecule has 31 heavy (non-hydrogen) atoms. The van der Waals surface area contributed by atoms with Crippen molar-refractivity contribution < 1.29 is 23.9 Å². The van der Waals surface area contributed by atoms with Crippen LogP contribution in [0.4, 0.5) is 0 Å². The zero-order chi connectivity index (χ0) is 23.5. The first kappa shape index (κ1) is 29.9. The summed E-state index contributed by atoms with van der Waals surface area (Å²) in [4.78, 5) is 23.0. The van der Waals surface area contributed by atoms with Gasteiger partial charge in [0, 0.05) is 6.42 Å². The smallest absolute Gasteiger partial charge is 0.307 e. The summed E-state index contributed by atoms with van der Waals surface area (Å²) in [5.74, 6) is -0.288. The average Bonchev–Trinajstić information content (AvgIpc) is 2.66. The Hall–Kier alpha value is -1.10. The first-order valence-electron chi connectivity index (χ1n) is 12.9. The summed E-state index contributed by atoms with van der Waals surface area (Å²) in [6.07, 6.45) is 17.7. The van der Waals surface area contributed by atoms with Gasteiger partial charge in [-0.1, -0.05) is 97.3 Å². The Kier molecular flexibility index (Phi) is 17.8. The maximum Gasteiger partial charge on any atom is 0.307 e. The van der Waals surface area contributed by atoms with Crippen molar-refractivity contribution >= 4 is 11.9 Å². The number of carbonyl (C=O) groups is 2. The highest BCUT2D eigenvalue weighted by molar-refractivity contribution is 5.71. The minimum atomic E-state index is -0.923. The van der Waals surface area contributed by atoms with E-state index in [1.807, 2.05) is 21.1 Å². The molecular weight excluding hydrogens is 390 g/mol. The minimum absolute atomic E-state index is 0.126. The van der Waals surface area contributed by atoms with Crippen LogP contribution in [0.15, 0.2) is 0 Å². The van der Waals surface area contributed by atoms with Gasteiger partial charge in [0.25, 0.3) is 0 Å². The molecule has 2 unspecified atom stereocenters. The molecule has 0 aliphatic carbocycles. The van der Waals surface area contributed by atoms with Crippen molar-refractivity contribution in [2.75, 3.05) is 27.7 Å². The van der Waals surface area contributed by atoms with E-state index in [-0.39, 0.29) is 12.4 Å². The molecule has 0 saturated heterocycles. The van der Waals surface area contributed by atoms with E-state index < -0.39 is 12.1 Å². The molecule has 5 heteroatoms. The van der Waals surface area contributed by atoms with Crippen molar-refractivity contribution in [1.29, 1.82) is 0 Å². The van der Waals surface area contributed by atoms with Gasteiger partial charge in [-0.3, -0.25) is 9.59 Å². The Morgan fingerprint density at radius 1 is 0.806 bits per heavy atom. The number of carboxylic acids is 1. The van der Waals surface area contributed by atoms with Crippen molar-refractivity contribution in [3.63, 3.8) is 0 Å². The van der Waals surface area contributed by atoms with Crippen LogP contribution in [0, 0.1) is 5.92 Å². The van der Waals surface area contributed by atoms with Crippen LogP contribution >= 0.6 is 0 Å². The number of hydrogen-bond acceptors (Lipinski definition) is 3. The summed E-state index contributed by atoms with van der Waals surface area (Å²) in [6, 6.07) is 0. The number of carbonyl (C=O) groups excluding carboxylic acids is 1. The van der Waals surface area contributed by atoms with Crippen LogP contribution < -0.4 is 0 Å². The van der Waals surface area contributed by atoms with Crippen LogP contribution in [0.3, 0.4) is 0 Å². The molecule has 0 rings (SSSR count). The number of unbranched alkanes of at least 4 members (excludes halogenated alkanes) is 11. The second kappa shape index (κ2) is 18.5. The summed E-state index contributed by atoms with van der Waals surface area (Å²) in [5, 5.41) is 9.02. The maximum absolute atomic E-state index is 12.0. The van der Waals surface area contributed by atoms with E-state index in [0.29, 0.717) is 17.4 Å². The van der Waals surface area contributed by atoms with Gasteiger partial charge in [-0.25, -0.2) is 0 Å². The minimum Gasteiger partial charge on any atom is -0.481 e. The van der Waals surface area contributed by atoms with Crippen LogP contribution in [0.1, 0.15) is 117 Å². The van der Waals surface area contributed by atoms with Crippen LogP contribution in [0.2, 0.25) is 0 Å². The largest absolute Gasteiger partial charge is 0.481 e. The van der Waals surface area contributed by atoms with Gasteiger partial charge in [0.2, 0.25) is 0 Å². The number of esters is 1. The molecule has 0 radical (unpaired) electrons. The molecule has 0 saturated carbocycles. The number of likely N-dealkylation sites (N-methyl/N-ethyl adjacent to an activating group) is 1. The van der Waals surface area contributed by atoms with E-state index >= 15 is 0 Å². The second-order valence-electron chi connectivity index (χ2n) is 10.5. The lowest BCUT2D eigenvalue weighted by Gasteiger charge is -2.28. The van der Waals surface area contributed by atoms with Gasteiger partial charge in [-0.05, 0) is 12.3 Å². The molecule has 5 nitrogen and oxygen atoms in total. The van der Waals surface area contributed by atoms with Crippen LogP contribution in [-0.4, -0.2) is 55.3 Å². The zero-order valence-electron chi connectivity index (χ0n) is 21.3. The number of ether oxygens (including phenoxy) is 1. The molecule has 0 aromatic heterocycles. The molecule has 0 aliphatic heterocycles. The number of aliphatic carboxylic acids is 1. The third-order valence-corrected chi connectivity index (χ3v) is 5.98. The predicted molar refractivity (Wildman–Crippen MR) is 129 cm³/mol. The molecule has 0 heterocycles. The van der Waals surface area contributed by atoms with Gasteiger partial charge in [0.1, 0.15) is 6.54 Å². The lowest BCUT2D eigenvalue weighted by molar-refractivity contribution is -0.873. The molecule has 184 valence electrons. The number of hydrogen-bond donors (Lipinski definition) is 1. The fraction of sp³-hybridized carbons (Fsp3) is 0.923. The highest BCUT2D eigenvalue weighted by Crippen LogP contribution is 2.16. The van der Waals surface area contributed by atoms with E-state index in [9.17, 15) is 9.59 Å². The zero-order valence-corrected chi connectivity index (χ0v) is 21.3. The Morgan fingerprint density at radius 3 is 1.68 bits per heavy atom. The van der Waals surface area contributed by atoms with Crippen molar-refractivity contribution in [3.8, 4) is 0 Å². The van der Waals surface area contributed by atoms with E-state index in [4.69, 9.17) is 9.84 Å². The average molecular weight is 443 g/mol. The number of quaternary nitrogens is 1. The van der Waals surface area contributed by atoms with Gasteiger partial charge in [-0.15, -0.1) is 0 Å². The summed E-state index contributed by atoms with van der Waals surface area (Å²) in [5.41, 5.74) is 0. The fourth-order valence-electron chi connectivity index (χ4n) is 3.93. The quantitative estimate of drug-likeness (QED) is 0.124. The standard InChI is InChI=1S/C26H51NO4/c1-6-23(2)19-17-15-13-11-9-7-8-10-12-14-16-18-20-26(30)31-24(21-25(28)29)22-27(3,4)5/h23-24H,6-22H2,1-5H3/p+1. The second-order valence-corrected chi connectivity index (χ2v) is 10.5. The first-order chi connectivity index (χ1) is 14.6. The van der Waals surface area contributed by atoms with Crippen molar-refractivity contribution in [2.45, 2.75) is 123 Å². The van der Waals surface area contributed by atoms with E-state index in [1.54, 1.807) is 0 Å². The van der Waals surface area contributed by atoms with Crippen LogP contribution in [0.5, 0.6) is 0 Å². The molecule has 0 bridgehead atoms. The number of nitrogens with zero attached hydrogens (tertiary/aromatic N) is 1. The van der Waals surface area contributed by atoms with Crippen LogP contribution in [-0.2, 0) is 14.3 Å². The molecule has 0 aromatic carbocycles. The van der Waals surface area contributed by atoms with Crippen LogP contribution in [0.25, 0.3) is 0 Å². The predicted octanol–water partition coefficient (Wildman–Crippen LogP) is 6.59. The first-order valence-corrected chi connectivity index (χ1v) is 12.9. The lowest BCUT2D eigenvalue weighted by Crippen LogP contribution is -2.43. The highest BCUT2D eigenvalue weighted by atomic mass is 16.5. The van der Waals surface area contributed by atoms with Crippen molar-refractivity contribution in [2.24, 2.45) is 5.92 Å². The Bertz CT molecular complexity index is 459. The van der Waals surface area contributed by atoms with Gasteiger partial charge < -0.3 is 14.3 Å². The molecule has 0 aromatic rings. The number of rotatable bonds is 21. The van der Waals surface area contributed by atoms with E-state index in [0.717, 1.165) is 18.8 Å². The lowest BCUT2D eigenvalue weighted by atomic mass is 9.99. The topological polar surface area (TPSA) is 63.6 Å². The summed E-state index contributed by atoms with van der Waals surface area (Å²) >= 11 is 0. The van der Waals surface area contributed by atoms with Gasteiger partial charge in [0.05, 0.1) is 27.6 Å².